The third-order valence-electron chi connectivity index (χ3n) is 5.13. The molecule has 2 heterocycles. The summed E-state index contributed by atoms with van der Waals surface area (Å²) in [5.74, 6) is -0.345. The molecule has 1 amide bonds. The first-order valence-electron chi connectivity index (χ1n) is 9.44. The van der Waals surface area contributed by atoms with E-state index in [0.717, 1.165) is 18.4 Å². The molecule has 0 radical (unpaired) electrons. The van der Waals surface area contributed by atoms with E-state index in [1.165, 1.54) is 12.1 Å². The van der Waals surface area contributed by atoms with Gasteiger partial charge in [-0.3, -0.25) is 9.78 Å². The number of hydrogen-bond acceptors (Lipinski definition) is 3. The zero-order chi connectivity index (χ0) is 20.8. The van der Waals surface area contributed by atoms with Crippen LogP contribution >= 0.6 is 0 Å². The van der Waals surface area contributed by atoms with Gasteiger partial charge in [-0.1, -0.05) is 0 Å². The lowest BCUT2D eigenvalue weighted by molar-refractivity contribution is -0.136. The van der Waals surface area contributed by atoms with Gasteiger partial charge in [0, 0.05) is 11.6 Å². The fraction of sp³-hybridized carbons (Fsp3) is 0.318. The van der Waals surface area contributed by atoms with Gasteiger partial charge in [-0.05, 0) is 79.6 Å². The van der Waals surface area contributed by atoms with Crippen molar-refractivity contribution < 1.29 is 18.0 Å². The van der Waals surface area contributed by atoms with Crippen molar-refractivity contribution in [2.24, 2.45) is 0 Å². The predicted octanol–water partition coefficient (Wildman–Crippen LogP) is 5.07. The Morgan fingerprint density at radius 3 is 2.59 bits per heavy atom. The number of carbonyl (C=O) groups is 1. The third-order valence-corrected chi connectivity index (χ3v) is 5.13. The molecule has 0 bridgehead atoms. The highest BCUT2D eigenvalue weighted by Crippen LogP contribution is 2.44. The van der Waals surface area contributed by atoms with Crippen molar-refractivity contribution in [3.8, 4) is 0 Å². The smallest absolute Gasteiger partial charge is 0.345 e. The van der Waals surface area contributed by atoms with Crippen molar-refractivity contribution in [2.75, 3.05) is 0 Å². The average molecular weight is 399 g/mol. The van der Waals surface area contributed by atoms with Crippen LogP contribution < -0.4 is 5.32 Å². The van der Waals surface area contributed by atoms with Crippen molar-refractivity contribution in [1.29, 1.82) is 0 Å². The second-order valence-electron chi connectivity index (χ2n) is 7.57. The highest BCUT2D eigenvalue weighted by atomic mass is 19.4. The van der Waals surface area contributed by atoms with Crippen molar-refractivity contribution in [3.05, 3.63) is 70.2 Å². The summed E-state index contributed by atoms with van der Waals surface area (Å²) in [6, 6.07) is 8.18. The molecule has 150 valence electrons. The molecular weight excluding hydrogens is 379 g/mol. The molecule has 1 N–H and O–H groups in total. The Kier molecular flexibility index (Phi) is 4.76. The number of alkyl halides is 3. The van der Waals surface area contributed by atoms with Crippen molar-refractivity contribution >= 4 is 16.8 Å². The molecule has 4 nitrogen and oxygen atoms in total. The normalized spacial score (nSPS) is 14.2. The Balaban J connectivity index is 1.70. The molecule has 29 heavy (non-hydrogen) atoms. The SMILES string of the molecule is Cc1ccnc(CNC(=O)c2cc(C)c3cc(C4CC4)cc(C(F)(F)F)c3n2)c1. The topological polar surface area (TPSA) is 54.9 Å². The summed E-state index contributed by atoms with van der Waals surface area (Å²) in [5.41, 5.74) is 1.97. The number of benzene rings is 1. The summed E-state index contributed by atoms with van der Waals surface area (Å²) >= 11 is 0. The maximum atomic E-state index is 13.7. The maximum absolute atomic E-state index is 13.7. The van der Waals surface area contributed by atoms with Crippen LogP contribution in [0.1, 0.15) is 57.2 Å². The van der Waals surface area contributed by atoms with Crippen LogP contribution in [0.15, 0.2) is 36.5 Å². The number of carbonyl (C=O) groups excluding carboxylic acids is 1. The van der Waals surface area contributed by atoms with Crippen LogP contribution in [0, 0.1) is 13.8 Å². The van der Waals surface area contributed by atoms with Gasteiger partial charge >= 0.3 is 6.18 Å². The van der Waals surface area contributed by atoms with Gasteiger partial charge in [0.15, 0.2) is 0 Å². The molecule has 0 aliphatic heterocycles. The van der Waals surface area contributed by atoms with E-state index in [1.807, 2.05) is 19.1 Å². The van der Waals surface area contributed by atoms with E-state index < -0.39 is 17.6 Å². The molecule has 1 aliphatic carbocycles. The van der Waals surface area contributed by atoms with Gasteiger partial charge in [-0.25, -0.2) is 4.98 Å². The number of aromatic nitrogens is 2. The Morgan fingerprint density at radius 1 is 1.17 bits per heavy atom. The third kappa shape index (κ3) is 4.09. The standard InChI is InChI=1S/C22H20F3N3O/c1-12-5-6-26-16(7-12)11-27-21(29)19-8-13(2)17-9-15(14-3-4-14)10-18(20(17)28-19)22(23,24)25/h5-10,14H,3-4,11H2,1-2H3,(H,27,29). The van der Waals surface area contributed by atoms with Gasteiger partial charge in [0.25, 0.3) is 5.91 Å². The minimum atomic E-state index is -4.54. The number of aryl methyl sites for hydroxylation is 2. The lowest BCUT2D eigenvalue weighted by Gasteiger charge is -2.15. The van der Waals surface area contributed by atoms with Gasteiger partial charge in [0.2, 0.25) is 0 Å². The van der Waals surface area contributed by atoms with Crippen LogP contribution in [-0.4, -0.2) is 15.9 Å². The lowest BCUT2D eigenvalue weighted by Crippen LogP contribution is -2.24. The zero-order valence-electron chi connectivity index (χ0n) is 16.1. The molecule has 4 rings (SSSR count). The number of rotatable bonds is 4. The summed E-state index contributed by atoms with van der Waals surface area (Å²) in [6.07, 6.45) is -1.09. The summed E-state index contributed by atoms with van der Waals surface area (Å²) in [6.45, 7) is 3.79. The van der Waals surface area contributed by atoms with Crippen molar-refractivity contribution in [3.63, 3.8) is 0 Å². The number of nitrogens with one attached hydrogen (secondary N) is 1. The molecule has 1 saturated carbocycles. The van der Waals surface area contributed by atoms with Crippen LogP contribution in [0.4, 0.5) is 13.2 Å². The van der Waals surface area contributed by atoms with Crippen LogP contribution in [0.25, 0.3) is 10.9 Å². The molecule has 3 aromatic rings. The predicted molar refractivity (Wildman–Crippen MR) is 104 cm³/mol. The largest absolute Gasteiger partial charge is 0.418 e. The summed E-state index contributed by atoms with van der Waals surface area (Å²) in [7, 11) is 0. The van der Waals surface area contributed by atoms with Crippen molar-refractivity contribution in [2.45, 2.75) is 45.3 Å². The first kappa shape index (κ1) is 19.4. The average Bonchev–Trinajstić information content (AvgIpc) is 3.50. The summed E-state index contributed by atoms with van der Waals surface area (Å²) in [4.78, 5) is 20.8. The van der Waals surface area contributed by atoms with Crippen LogP contribution in [-0.2, 0) is 12.7 Å². The molecular formula is C22H20F3N3O. The Hall–Kier alpha value is -2.96. The van der Waals surface area contributed by atoms with Gasteiger partial charge in [-0.2, -0.15) is 13.2 Å². The highest BCUT2D eigenvalue weighted by molar-refractivity contribution is 5.96. The highest BCUT2D eigenvalue weighted by Gasteiger charge is 2.36. The molecule has 0 saturated heterocycles. The first-order chi connectivity index (χ1) is 13.7. The number of halogens is 3. The molecule has 0 spiro atoms. The number of amides is 1. The number of pyridine rings is 2. The maximum Gasteiger partial charge on any atom is 0.418 e. The van der Waals surface area contributed by atoms with Gasteiger partial charge in [0.1, 0.15) is 5.69 Å². The van der Waals surface area contributed by atoms with E-state index in [2.05, 4.69) is 15.3 Å². The Morgan fingerprint density at radius 2 is 1.93 bits per heavy atom. The van der Waals surface area contributed by atoms with E-state index in [0.29, 0.717) is 22.2 Å². The monoisotopic (exact) mass is 399 g/mol. The number of fused-ring (bicyclic) bond motifs is 1. The van der Waals surface area contributed by atoms with Crippen LogP contribution in [0.3, 0.4) is 0 Å². The first-order valence-corrected chi connectivity index (χ1v) is 9.44. The Labute approximate surface area is 166 Å². The number of nitrogens with zero attached hydrogens (tertiary/aromatic N) is 2. The van der Waals surface area contributed by atoms with E-state index >= 15 is 0 Å². The van der Waals surface area contributed by atoms with Crippen LogP contribution in [0.2, 0.25) is 0 Å². The second kappa shape index (κ2) is 7.13. The van der Waals surface area contributed by atoms with E-state index in [1.54, 1.807) is 19.2 Å². The molecule has 0 atom stereocenters. The van der Waals surface area contributed by atoms with Crippen LogP contribution in [0.5, 0.6) is 0 Å². The summed E-state index contributed by atoms with van der Waals surface area (Å²) < 4.78 is 41.1. The number of hydrogen-bond donors (Lipinski definition) is 1. The second-order valence-corrected chi connectivity index (χ2v) is 7.57. The van der Waals surface area contributed by atoms with Gasteiger partial charge in [-0.15, -0.1) is 0 Å². The summed E-state index contributed by atoms with van der Waals surface area (Å²) in [5, 5.41) is 3.13. The molecule has 2 aromatic heterocycles. The van der Waals surface area contributed by atoms with Crippen molar-refractivity contribution in [1.82, 2.24) is 15.3 Å². The van der Waals surface area contributed by atoms with E-state index in [4.69, 9.17) is 0 Å². The van der Waals surface area contributed by atoms with Gasteiger partial charge < -0.3 is 5.32 Å². The molecule has 1 aromatic carbocycles. The fourth-order valence-corrected chi connectivity index (χ4v) is 3.46. The molecule has 1 fully saturated rings. The zero-order valence-corrected chi connectivity index (χ0v) is 16.1. The molecule has 0 unspecified atom stereocenters. The van der Waals surface area contributed by atoms with Gasteiger partial charge in [0.05, 0.1) is 23.3 Å². The van der Waals surface area contributed by atoms with E-state index in [9.17, 15) is 18.0 Å². The van der Waals surface area contributed by atoms with E-state index in [-0.39, 0.29) is 23.7 Å². The minimum Gasteiger partial charge on any atom is -0.345 e. The molecule has 1 aliphatic rings. The minimum absolute atomic E-state index is 0.0349. The molecule has 7 heteroatoms. The lowest BCUT2D eigenvalue weighted by atomic mass is 9.98. The quantitative estimate of drug-likeness (QED) is 0.666. The fourth-order valence-electron chi connectivity index (χ4n) is 3.46. The Bertz CT molecular complexity index is 1100.